The van der Waals surface area contributed by atoms with Crippen LogP contribution in [0.2, 0.25) is 0 Å². The lowest BCUT2D eigenvalue weighted by Crippen LogP contribution is -2.47. The smallest absolute Gasteiger partial charge is 0.237 e. The van der Waals surface area contributed by atoms with Crippen molar-refractivity contribution in [1.82, 2.24) is 19.8 Å². The van der Waals surface area contributed by atoms with Crippen molar-refractivity contribution in [2.75, 3.05) is 39.1 Å². The maximum atomic E-state index is 13.1. The predicted octanol–water partition coefficient (Wildman–Crippen LogP) is 3.99. The molecule has 4 saturated carbocycles. The third kappa shape index (κ3) is 4.82. The third-order valence-electron chi connectivity index (χ3n) is 9.30. The van der Waals surface area contributed by atoms with Gasteiger partial charge in [-0.05, 0) is 92.9 Å². The molecule has 0 spiro atoms. The van der Waals surface area contributed by atoms with Crippen molar-refractivity contribution in [2.24, 2.45) is 29.6 Å². The summed E-state index contributed by atoms with van der Waals surface area (Å²) in [5.74, 6) is 6.63. The van der Waals surface area contributed by atoms with Crippen LogP contribution in [0, 0.1) is 29.6 Å². The molecule has 0 unspecified atom stereocenters. The van der Waals surface area contributed by atoms with E-state index >= 15 is 0 Å². The number of methoxy groups -OCH3 is 1. The number of carbonyl (C=O) groups excluding carboxylic acids is 1. The number of rotatable bonds is 8. The normalized spacial score (nSPS) is 28.3. The average molecular weight is 490 g/mol. The summed E-state index contributed by atoms with van der Waals surface area (Å²) >= 11 is 0. The Morgan fingerprint density at radius 3 is 2.50 bits per heavy atom. The Labute approximate surface area is 214 Å². The van der Waals surface area contributed by atoms with E-state index in [9.17, 15) is 4.79 Å². The first-order chi connectivity index (χ1) is 17.6. The number of hydrogen-bond acceptors (Lipinski definition) is 6. The van der Waals surface area contributed by atoms with Crippen LogP contribution in [0.1, 0.15) is 48.9 Å². The van der Waals surface area contributed by atoms with Crippen LogP contribution in [0.3, 0.4) is 0 Å². The molecule has 1 aromatic carbocycles. The fraction of sp³-hybridized carbons (Fsp3) is 0.621. The molecule has 5 aliphatic rings. The first-order valence-electron chi connectivity index (χ1n) is 13.7. The fourth-order valence-electron chi connectivity index (χ4n) is 7.73. The van der Waals surface area contributed by atoms with Gasteiger partial charge < -0.3 is 15.0 Å². The second-order valence-electron chi connectivity index (χ2n) is 11.7. The average Bonchev–Trinajstić information content (AvgIpc) is 2.88. The summed E-state index contributed by atoms with van der Waals surface area (Å²) in [5.41, 5.74) is 3.37. The zero-order valence-electron chi connectivity index (χ0n) is 21.7. The lowest BCUT2D eigenvalue weighted by atomic mass is 9.52. The second kappa shape index (κ2) is 10.0. The topological polar surface area (TPSA) is 70.6 Å². The molecule has 1 aromatic heterocycles. The number of ether oxygens (including phenoxy) is 1. The van der Waals surface area contributed by atoms with Crippen LogP contribution < -0.4 is 10.1 Å². The Morgan fingerprint density at radius 1 is 1.08 bits per heavy atom. The van der Waals surface area contributed by atoms with E-state index in [1.807, 2.05) is 36.2 Å². The van der Waals surface area contributed by atoms with E-state index in [1.165, 1.54) is 37.7 Å². The van der Waals surface area contributed by atoms with E-state index < -0.39 is 0 Å². The zero-order valence-corrected chi connectivity index (χ0v) is 21.7. The number of hydrogen-bond donors (Lipinski definition) is 1. The van der Waals surface area contributed by atoms with E-state index in [4.69, 9.17) is 4.74 Å². The number of fused-ring (bicyclic) bond motifs is 1. The Kier molecular flexibility index (Phi) is 6.59. The molecule has 7 heteroatoms. The SMILES string of the molecule is COc1ccc(CN(C)CC(=O)N2CCc3c(ncnc3NCC3C4CC5CC(C4)CC3C5)C2)cc1. The van der Waals surface area contributed by atoms with Gasteiger partial charge in [0.15, 0.2) is 0 Å². The molecule has 36 heavy (non-hydrogen) atoms. The van der Waals surface area contributed by atoms with Gasteiger partial charge in [-0.1, -0.05) is 12.1 Å². The van der Waals surface area contributed by atoms with Gasteiger partial charge in [0, 0.05) is 25.2 Å². The molecule has 1 amide bonds. The molecule has 0 radical (unpaired) electrons. The highest BCUT2D eigenvalue weighted by Crippen LogP contribution is 2.56. The lowest BCUT2D eigenvalue weighted by Gasteiger charge is -2.54. The van der Waals surface area contributed by atoms with Crippen molar-refractivity contribution in [3.05, 3.63) is 47.4 Å². The Morgan fingerprint density at radius 2 is 1.81 bits per heavy atom. The molecule has 1 N–H and O–H groups in total. The van der Waals surface area contributed by atoms with Crippen molar-refractivity contribution in [3.63, 3.8) is 0 Å². The minimum absolute atomic E-state index is 0.151. The third-order valence-corrected chi connectivity index (χ3v) is 9.30. The summed E-state index contributed by atoms with van der Waals surface area (Å²) in [6.45, 7) is 3.45. The molecule has 4 bridgehead atoms. The predicted molar refractivity (Wildman–Crippen MR) is 140 cm³/mol. The summed E-state index contributed by atoms with van der Waals surface area (Å²) in [6, 6.07) is 8.01. The molecular weight excluding hydrogens is 450 g/mol. The van der Waals surface area contributed by atoms with Crippen LogP contribution >= 0.6 is 0 Å². The van der Waals surface area contributed by atoms with E-state index in [2.05, 4.69) is 20.2 Å². The van der Waals surface area contributed by atoms with Gasteiger partial charge in [-0.15, -0.1) is 0 Å². The number of amides is 1. The molecule has 4 aliphatic carbocycles. The van der Waals surface area contributed by atoms with Crippen molar-refractivity contribution in [1.29, 1.82) is 0 Å². The molecule has 2 heterocycles. The van der Waals surface area contributed by atoms with Crippen molar-refractivity contribution < 1.29 is 9.53 Å². The van der Waals surface area contributed by atoms with E-state index in [-0.39, 0.29) is 5.91 Å². The fourth-order valence-corrected chi connectivity index (χ4v) is 7.73. The molecule has 192 valence electrons. The maximum absolute atomic E-state index is 13.1. The van der Waals surface area contributed by atoms with Gasteiger partial charge in [0.25, 0.3) is 0 Å². The Bertz CT molecular complexity index is 1060. The van der Waals surface area contributed by atoms with Gasteiger partial charge in [0.2, 0.25) is 5.91 Å². The summed E-state index contributed by atoms with van der Waals surface area (Å²) in [4.78, 5) is 26.3. The minimum atomic E-state index is 0.151. The van der Waals surface area contributed by atoms with Gasteiger partial charge in [-0.25, -0.2) is 9.97 Å². The van der Waals surface area contributed by atoms with Crippen LogP contribution in [0.25, 0.3) is 0 Å². The van der Waals surface area contributed by atoms with Gasteiger partial charge in [-0.3, -0.25) is 9.69 Å². The summed E-state index contributed by atoms with van der Waals surface area (Å²) < 4.78 is 5.23. The van der Waals surface area contributed by atoms with Gasteiger partial charge in [0.1, 0.15) is 17.9 Å². The monoisotopic (exact) mass is 489 g/mol. The van der Waals surface area contributed by atoms with Crippen molar-refractivity contribution in [3.8, 4) is 5.75 Å². The maximum Gasteiger partial charge on any atom is 0.237 e. The van der Waals surface area contributed by atoms with Crippen LogP contribution in [0.5, 0.6) is 5.75 Å². The van der Waals surface area contributed by atoms with Crippen molar-refractivity contribution >= 4 is 11.7 Å². The molecule has 1 aliphatic heterocycles. The van der Waals surface area contributed by atoms with Gasteiger partial charge >= 0.3 is 0 Å². The molecule has 2 aromatic rings. The summed E-state index contributed by atoms with van der Waals surface area (Å²) in [6.07, 6.45) is 9.78. The number of nitrogens with one attached hydrogen (secondary N) is 1. The first kappa shape index (κ1) is 23.7. The van der Waals surface area contributed by atoms with E-state index in [0.29, 0.717) is 13.1 Å². The standard InChI is InChI=1S/C29H39N5O2/c1-33(15-19-3-5-24(36-2)6-4-19)17-28(35)34-8-7-25-27(16-34)31-18-32-29(25)30-14-26-22-10-20-9-21(12-22)13-23(26)11-20/h3-6,18,20-23,26H,7-17H2,1-2H3,(H,30,31,32). The lowest BCUT2D eigenvalue weighted by molar-refractivity contribution is -0.133. The quantitative estimate of drug-likeness (QED) is 0.605. The highest BCUT2D eigenvalue weighted by atomic mass is 16.5. The second-order valence-corrected chi connectivity index (χ2v) is 11.7. The van der Waals surface area contributed by atoms with Gasteiger partial charge in [-0.2, -0.15) is 0 Å². The highest BCUT2D eigenvalue weighted by molar-refractivity contribution is 5.78. The molecule has 7 rings (SSSR count). The summed E-state index contributed by atoms with van der Waals surface area (Å²) in [5, 5.41) is 3.74. The van der Waals surface area contributed by atoms with Crippen LogP contribution in [0.4, 0.5) is 5.82 Å². The highest BCUT2D eigenvalue weighted by Gasteiger charge is 2.47. The number of likely N-dealkylation sites (N-methyl/N-ethyl adjacent to an activating group) is 1. The van der Waals surface area contributed by atoms with Gasteiger partial charge in [0.05, 0.1) is 25.9 Å². The largest absolute Gasteiger partial charge is 0.497 e. The summed E-state index contributed by atoms with van der Waals surface area (Å²) in [7, 11) is 3.66. The van der Waals surface area contributed by atoms with Crippen LogP contribution in [-0.4, -0.2) is 59.5 Å². The van der Waals surface area contributed by atoms with E-state index in [0.717, 1.165) is 78.5 Å². The Balaban J connectivity index is 1.04. The van der Waals surface area contributed by atoms with Crippen LogP contribution in [0.15, 0.2) is 30.6 Å². The number of anilines is 1. The number of aromatic nitrogens is 2. The molecular formula is C29H39N5O2. The number of nitrogens with zero attached hydrogens (tertiary/aromatic N) is 4. The zero-order chi connectivity index (χ0) is 24.6. The molecule has 0 saturated heterocycles. The minimum Gasteiger partial charge on any atom is -0.497 e. The Hall–Kier alpha value is -2.67. The van der Waals surface area contributed by atoms with Crippen LogP contribution in [-0.2, 0) is 24.3 Å². The molecule has 4 fully saturated rings. The molecule has 0 atom stereocenters. The van der Waals surface area contributed by atoms with E-state index in [1.54, 1.807) is 13.4 Å². The number of benzene rings is 1. The first-order valence-corrected chi connectivity index (χ1v) is 13.7. The molecule has 7 nitrogen and oxygen atoms in total. The number of carbonyl (C=O) groups is 1. The van der Waals surface area contributed by atoms with Crippen molar-refractivity contribution in [2.45, 2.75) is 51.6 Å².